The van der Waals surface area contributed by atoms with Crippen molar-refractivity contribution in [2.45, 2.75) is 5.37 Å². The molecule has 2 amide bonds. The van der Waals surface area contributed by atoms with Gasteiger partial charge in [-0.05, 0) is 47.5 Å². The molecule has 1 aliphatic heterocycles. The lowest BCUT2D eigenvalue weighted by Crippen LogP contribution is -2.28. The molecule has 5 nitrogen and oxygen atoms in total. The summed E-state index contributed by atoms with van der Waals surface area (Å²) in [5, 5.41) is 4.55. The average Bonchev–Trinajstić information content (AvgIpc) is 3.17. The molecule has 3 aromatic rings. The van der Waals surface area contributed by atoms with Crippen LogP contribution in [0.15, 0.2) is 84.0 Å². The third-order valence-corrected chi connectivity index (χ3v) is 6.07. The quantitative estimate of drug-likeness (QED) is 0.458. The fourth-order valence-electron chi connectivity index (χ4n) is 3.12. The molecule has 1 fully saturated rings. The van der Waals surface area contributed by atoms with Crippen molar-refractivity contribution in [2.24, 2.45) is 5.10 Å². The summed E-state index contributed by atoms with van der Waals surface area (Å²) in [6, 6.07) is 24.0. The van der Waals surface area contributed by atoms with Crippen molar-refractivity contribution in [1.29, 1.82) is 0 Å². The molecular weight excluding hydrogens is 418 g/mol. The van der Waals surface area contributed by atoms with E-state index in [0.717, 1.165) is 16.8 Å². The Morgan fingerprint density at radius 1 is 1.03 bits per heavy atom. The molecule has 0 spiro atoms. The van der Waals surface area contributed by atoms with Gasteiger partial charge >= 0.3 is 0 Å². The van der Waals surface area contributed by atoms with E-state index in [0.29, 0.717) is 16.3 Å². The van der Waals surface area contributed by atoms with Gasteiger partial charge in [-0.3, -0.25) is 14.5 Å². The van der Waals surface area contributed by atoms with Crippen molar-refractivity contribution in [1.82, 2.24) is 5.43 Å². The van der Waals surface area contributed by atoms with Crippen LogP contribution in [0.25, 0.3) is 0 Å². The van der Waals surface area contributed by atoms with E-state index in [-0.39, 0.29) is 17.2 Å². The maximum absolute atomic E-state index is 12.5. The van der Waals surface area contributed by atoms with Crippen LogP contribution in [0.3, 0.4) is 0 Å². The van der Waals surface area contributed by atoms with Gasteiger partial charge in [-0.25, -0.2) is 5.43 Å². The molecule has 1 aliphatic rings. The first kappa shape index (κ1) is 20.2. The number of benzene rings is 3. The van der Waals surface area contributed by atoms with Crippen molar-refractivity contribution < 1.29 is 9.59 Å². The fourth-order valence-corrected chi connectivity index (χ4v) is 4.42. The Morgan fingerprint density at radius 2 is 1.73 bits per heavy atom. The Balaban J connectivity index is 1.44. The summed E-state index contributed by atoms with van der Waals surface area (Å²) in [7, 11) is 0. The lowest BCUT2D eigenvalue weighted by atomic mass is 10.1. The number of hydrogen-bond acceptors (Lipinski definition) is 4. The molecule has 1 N–H and O–H groups in total. The lowest BCUT2D eigenvalue weighted by Gasteiger charge is -2.24. The highest BCUT2D eigenvalue weighted by atomic mass is 35.5. The third kappa shape index (κ3) is 4.56. The molecule has 0 saturated carbocycles. The predicted octanol–water partition coefficient (Wildman–Crippen LogP) is 4.88. The van der Waals surface area contributed by atoms with E-state index in [1.54, 1.807) is 71.4 Å². The first-order valence-corrected chi connectivity index (χ1v) is 10.7. The normalized spacial score (nSPS) is 16.2. The van der Waals surface area contributed by atoms with Crippen molar-refractivity contribution in [2.75, 3.05) is 10.7 Å². The van der Waals surface area contributed by atoms with Crippen LogP contribution < -0.4 is 10.3 Å². The SMILES string of the molecule is O=C(N/N=C\c1ccc(Cl)cc1)c1ccc(N2C(=O)CS[C@@H]2c2ccccc2)cc1. The van der Waals surface area contributed by atoms with E-state index in [1.165, 1.54) is 0 Å². The monoisotopic (exact) mass is 435 g/mol. The Bertz CT molecular complexity index is 1070. The molecule has 30 heavy (non-hydrogen) atoms. The first-order valence-electron chi connectivity index (χ1n) is 9.29. The number of rotatable bonds is 5. The van der Waals surface area contributed by atoms with Crippen LogP contribution in [0, 0.1) is 0 Å². The first-order chi connectivity index (χ1) is 14.6. The molecule has 0 bridgehead atoms. The van der Waals surface area contributed by atoms with Crippen LogP contribution in [0.1, 0.15) is 26.9 Å². The highest BCUT2D eigenvalue weighted by Gasteiger charge is 2.33. The van der Waals surface area contributed by atoms with E-state index in [1.807, 2.05) is 30.3 Å². The Labute approximate surface area is 183 Å². The third-order valence-electron chi connectivity index (χ3n) is 4.61. The summed E-state index contributed by atoms with van der Waals surface area (Å²) >= 11 is 7.45. The van der Waals surface area contributed by atoms with Gasteiger partial charge in [0.15, 0.2) is 0 Å². The Morgan fingerprint density at radius 3 is 2.43 bits per heavy atom. The second kappa shape index (κ2) is 9.15. The summed E-state index contributed by atoms with van der Waals surface area (Å²) in [6.45, 7) is 0. The summed E-state index contributed by atoms with van der Waals surface area (Å²) in [4.78, 5) is 26.6. The maximum atomic E-state index is 12.5. The fraction of sp³-hybridized carbons (Fsp3) is 0.0870. The predicted molar refractivity (Wildman–Crippen MR) is 122 cm³/mol. The molecule has 4 rings (SSSR count). The summed E-state index contributed by atoms with van der Waals surface area (Å²) in [5.41, 5.74) is 5.63. The van der Waals surface area contributed by atoms with Crippen molar-refractivity contribution >= 4 is 47.1 Å². The van der Waals surface area contributed by atoms with Gasteiger partial charge in [-0.15, -0.1) is 11.8 Å². The molecule has 0 radical (unpaired) electrons. The molecule has 3 aromatic carbocycles. The number of hydrogen-bond donors (Lipinski definition) is 1. The van der Waals surface area contributed by atoms with Crippen molar-refractivity contribution in [3.63, 3.8) is 0 Å². The average molecular weight is 436 g/mol. The topological polar surface area (TPSA) is 61.8 Å². The van der Waals surface area contributed by atoms with Gasteiger partial charge in [0.2, 0.25) is 5.91 Å². The number of amides is 2. The Hall–Kier alpha value is -3.09. The smallest absolute Gasteiger partial charge is 0.271 e. The van der Waals surface area contributed by atoms with E-state index < -0.39 is 0 Å². The van der Waals surface area contributed by atoms with Crippen LogP contribution in [0.5, 0.6) is 0 Å². The molecule has 1 heterocycles. The second-order valence-corrected chi connectivity index (χ2v) is 8.14. The van der Waals surface area contributed by atoms with Gasteiger partial charge in [0.05, 0.1) is 12.0 Å². The molecule has 1 saturated heterocycles. The number of halogens is 1. The zero-order valence-corrected chi connectivity index (χ0v) is 17.4. The minimum Gasteiger partial charge on any atom is -0.295 e. The van der Waals surface area contributed by atoms with Crippen LogP contribution in [0.4, 0.5) is 5.69 Å². The minimum absolute atomic E-state index is 0.0543. The van der Waals surface area contributed by atoms with E-state index in [9.17, 15) is 9.59 Å². The van der Waals surface area contributed by atoms with Crippen molar-refractivity contribution in [3.05, 3.63) is 101 Å². The van der Waals surface area contributed by atoms with Gasteiger partial charge in [-0.1, -0.05) is 54.1 Å². The highest BCUT2D eigenvalue weighted by molar-refractivity contribution is 8.00. The van der Waals surface area contributed by atoms with Gasteiger partial charge in [0, 0.05) is 16.3 Å². The van der Waals surface area contributed by atoms with Crippen LogP contribution >= 0.6 is 23.4 Å². The van der Waals surface area contributed by atoms with E-state index in [4.69, 9.17) is 11.6 Å². The number of nitrogens with one attached hydrogen (secondary N) is 1. The molecule has 7 heteroatoms. The number of anilines is 1. The largest absolute Gasteiger partial charge is 0.295 e. The van der Waals surface area contributed by atoms with Crippen LogP contribution in [-0.2, 0) is 4.79 Å². The molecule has 1 atom stereocenters. The maximum Gasteiger partial charge on any atom is 0.271 e. The standard InChI is InChI=1S/C23H18ClN3O2S/c24-19-10-6-16(7-11-19)14-25-26-22(29)17-8-12-20(13-9-17)27-21(28)15-30-23(27)18-4-2-1-3-5-18/h1-14,23H,15H2,(H,26,29)/b25-14-/t23-/m1/s1. The van der Waals surface area contributed by atoms with Crippen LogP contribution in [-0.4, -0.2) is 23.8 Å². The highest BCUT2D eigenvalue weighted by Crippen LogP contribution is 2.41. The number of carbonyl (C=O) groups excluding carboxylic acids is 2. The Kier molecular flexibility index (Phi) is 6.16. The van der Waals surface area contributed by atoms with Gasteiger partial charge in [0.25, 0.3) is 5.91 Å². The molecule has 0 aromatic heterocycles. The second-order valence-electron chi connectivity index (χ2n) is 6.64. The minimum atomic E-state index is -0.325. The van der Waals surface area contributed by atoms with Gasteiger partial charge < -0.3 is 0 Å². The van der Waals surface area contributed by atoms with E-state index >= 15 is 0 Å². The zero-order valence-electron chi connectivity index (χ0n) is 15.9. The molecule has 0 aliphatic carbocycles. The summed E-state index contributed by atoms with van der Waals surface area (Å²) < 4.78 is 0. The molecule has 0 unspecified atom stereocenters. The van der Waals surface area contributed by atoms with E-state index in [2.05, 4.69) is 10.5 Å². The number of thioether (sulfide) groups is 1. The number of nitrogens with zero attached hydrogens (tertiary/aromatic N) is 2. The van der Waals surface area contributed by atoms with Crippen molar-refractivity contribution in [3.8, 4) is 0 Å². The molecule has 150 valence electrons. The van der Waals surface area contributed by atoms with Gasteiger partial charge in [-0.2, -0.15) is 5.10 Å². The van der Waals surface area contributed by atoms with Crippen LogP contribution in [0.2, 0.25) is 5.02 Å². The zero-order chi connectivity index (χ0) is 20.9. The van der Waals surface area contributed by atoms with Gasteiger partial charge in [0.1, 0.15) is 5.37 Å². The number of hydrazone groups is 1. The number of carbonyl (C=O) groups is 2. The summed E-state index contributed by atoms with van der Waals surface area (Å²) in [5.74, 6) is 0.161. The molecular formula is C23H18ClN3O2S. The lowest BCUT2D eigenvalue weighted by molar-refractivity contribution is -0.115. The summed E-state index contributed by atoms with van der Waals surface area (Å²) in [6.07, 6.45) is 1.55.